The van der Waals surface area contributed by atoms with E-state index in [0.29, 0.717) is 29.4 Å². The average Bonchev–Trinajstić information content (AvgIpc) is 2.60. The number of methoxy groups -OCH3 is 3. The Labute approximate surface area is 136 Å². The molecule has 2 rings (SSSR count). The highest BCUT2D eigenvalue weighted by molar-refractivity contribution is 5.94. The first-order valence-electron chi connectivity index (χ1n) is 7.20. The van der Waals surface area contributed by atoms with Gasteiger partial charge in [-0.1, -0.05) is 18.2 Å². The fraction of sp³-hybridized carbons (Fsp3) is 0.278. The van der Waals surface area contributed by atoms with Gasteiger partial charge in [0.1, 0.15) is 5.75 Å². The summed E-state index contributed by atoms with van der Waals surface area (Å²) < 4.78 is 15.9. The van der Waals surface area contributed by atoms with Crippen LogP contribution in [-0.2, 0) is 6.54 Å². The second kappa shape index (κ2) is 7.54. The molecule has 0 spiro atoms. The van der Waals surface area contributed by atoms with Crippen molar-refractivity contribution in [1.82, 2.24) is 4.90 Å². The van der Waals surface area contributed by atoms with E-state index in [2.05, 4.69) is 0 Å². The predicted molar refractivity (Wildman–Crippen MR) is 88.3 cm³/mol. The molecule has 0 unspecified atom stereocenters. The number of benzene rings is 2. The van der Waals surface area contributed by atoms with Crippen LogP contribution < -0.4 is 14.2 Å². The Hall–Kier alpha value is -2.69. The average molecular weight is 315 g/mol. The molecule has 122 valence electrons. The Morgan fingerprint density at radius 2 is 1.74 bits per heavy atom. The van der Waals surface area contributed by atoms with E-state index in [-0.39, 0.29) is 5.91 Å². The van der Waals surface area contributed by atoms with E-state index in [1.54, 1.807) is 51.5 Å². The van der Waals surface area contributed by atoms with Gasteiger partial charge in [-0.15, -0.1) is 0 Å². The van der Waals surface area contributed by atoms with E-state index in [4.69, 9.17) is 14.2 Å². The summed E-state index contributed by atoms with van der Waals surface area (Å²) in [4.78, 5) is 14.2. The number of para-hydroxylation sites is 1. The number of carbonyl (C=O) groups excluding carboxylic acids is 1. The summed E-state index contributed by atoms with van der Waals surface area (Å²) in [5.41, 5.74) is 1.46. The van der Waals surface area contributed by atoms with Gasteiger partial charge in [-0.25, -0.2) is 0 Å². The molecule has 0 radical (unpaired) electrons. The molecule has 0 saturated heterocycles. The summed E-state index contributed by atoms with van der Waals surface area (Å²) in [7, 11) is 6.51. The summed E-state index contributed by atoms with van der Waals surface area (Å²) in [5.74, 6) is 1.85. The number of ether oxygens (including phenoxy) is 3. The Balaban J connectivity index is 2.21. The van der Waals surface area contributed by atoms with Crippen molar-refractivity contribution < 1.29 is 19.0 Å². The molecule has 1 amide bonds. The smallest absolute Gasteiger partial charge is 0.254 e. The van der Waals surface area contributed by atoms with Crippen molar-refractivity contribution in [1.29, 1.82) is 0 Å². The van der Waals surface area contributed by atoms with Gasteiger partial charge < -0.3 is 19.1 Å². The molecular formula is C18H21NO4. The first-order chi connectivity index (χ1) is 11.1. The number of hydrogen-bond donors (Lipinski definition) is 0. The van der Waals surface area contributed by atoms with E-state index >= 15 is 0 Å². The summed E-state index contributed by atoms with van der Waals surface area (Å²) >= 11 is 0. The zero-order chi connectivity index (χ0) is 16.8. The lowest BCUT2D eigenvalue weighted by atomic mass is 10.1. The molecule has 0 fully saturated rings. The molecule has 2 aromatic carbocycles. The van der Waals surface area contributed by atoms with E-state index in [1.165, 1.54) is 0 Å². The maximum Gasteiger partial charge on any atom is 0.254 e. The molecule has 0 heterocycles. The van der Waals surface area contributed by atoms with E-state index in [9.17, 15) is 4.79 Å². The minimum absolute atomic E-state index is 0.0891. The van der Waals surface area contributed by atoms with Crippen LogP contribution in [0.3, 0.4) is 0 Å². The largest absolute Gasteiger partial charge is 0.497 e. The molecule has 0 aliphatic carbocycles. The van der Waals surface area contributed by atoms with Gasteiger partial charge in [-0.3, -0.25) is 4.79 Å². The highest BCUT2D eigenvalue weighted by atomic mass is 16.5. The molecule has 5 heteroatoms. The number of hydrogen-bond acceptors (Lipinski definition) is 4. The van der Waals surface area contributed by atoms with Crippen LogP contribution in [0.25, 0.3) is 0 Å². The van der Waals surface area contributed by atoms with Crippen molar-refractivity contribution in [3.63, 3.8) is 0 Å². The summed E-state index contributed by atoms with van der Waals surface area (Å²) in [5, 5.41) is 0. The number of amides is 1. The standard InChI is InChI=1S/C18H21NO4/c1-19(18(20)13-7-5-9-15(11-13)21-2)12-14-8-6-10-16(22-3)17(14)23-4/h5-11H,12H2,1-4H3. The van der Waals surface area contributed by atoms with Gasteiger partial charge in [-0.2, -0.15) is 0 Å². The quantitative estimate of drug-likeness (QED) is 0.822. The molecular weight excluding hydrogens is 294 g/mol. The third kappa shape index (κ3) is 3.74. The fourth-order valence-electron chi connectivity index (χ4n) is 2.38. The molecule has 5 nitrogen and oxygen atoms in total. The summed E-state index contributed by atoms with van der Waals surface area (Å²) in [6.07, 6.45) is 0. The number of rotatable bonds is 6. The lowest BCUT2D eigenvalue weighted by Crippen LogP contribution is -2.26. The van der Waals surface area contributed by atoms with Gasteiger partial charge in [0.15, 0.2) is 11.5 Å². The second-order valence-electron chi connectivity index (χ2n) is 5.05. The van der Waals surface area contributed by atoms with Gasteiger partial charge >= 0.3 is 0 Å². The second-order valence-corrected chi connectivity index (χ2v) is 5.05. The Morgan fingerprint density at radius 1 is 1.00 bits per heavy atom. The first-order valence-corrected chi connectivity index (χ1v) is 7.20. The molecule has 0 aromatic heterocycles. The van der Waals surface area contributed by atoms with Crippen LogP contribution in [0.1, 0.15) is 15.9 Å². The van der Waals surface area contributed by atoms with E-state index < -0.39 is 0 Å². The normalized spacial score (nSPS) is 10.1. The first kappa shape index (κ1) is 16.7. The van der Waals surface area contributed by atoms with Gasteiger partial charge in [0.05, 0.1) is 21.3 Å². The molecule has 0 aliphatic rings. The molecule has 0 atom stereocenters. The lowest BCUT2D eigenvalue weighted by Gasteiger charge is -2.20. The van der Waals surface area contributed by atoms with Gasteiger partial charge in [0.25, 0.3) is 5.91 Å². The van der Waals surface area contributed by atoms with Crippen LogP contribution in [-0.4, -0.2) is 39.2 Å². The van der Waals surface area contributed by atoms with E-state index in [1.807, 2.05) is 24.3 Å². The minimum atomic E-state index is -0.0891. The Kier molecular flexibility index (Phi) is 5.46. The van der Waals surface area contributed by atoms with Crippen LogP contribution in [0.2, 0.25) is 0 Å². The maximum atomic E-state index is 12.6. The topological polar surface area (TPSA) is 48.0 Å². The molecule has 0 N–H and O–H groups in total. The molecule has 0 bridgehead atoms. The summed E-state index contributed by atoms with van der Waals surface area (Å²) in [6.45, 7) is 0.413. The third-order valence-corrected chi connectivity index (χ3v) is 3.56. The molecule has 23 heavy (non-hydrogen) atoms. The molecule has 0 saturated carbocycles. The molecule has 2 aromatic rings. The van der Waals surface area contributed by atoms with Crippen molar-refractivity contribution in [2.75, 3.05) is 28.4 Å². The third-order valence-electron chi connectivity index (χ3n) is 3.56. The minimum Gasteiger partial charge on any atom is -0.497 e. The number of carbonyl (C=O) groups is 1. The Morgan fingerprint density at radius 3 is 2.39 bits per heavy atom. The van der Waals surface area contributed by atoms with E-state index in [0.717, 1.165) is 5.56 Å². The lowest BCUT2D eigenvalue weighted by molar-refractivity contribution is 0.0783. The highest BCUT2D eigenvalue weighted by Crippen LogP contribution is 2.31. The predicted octanol–water partition coefficient (Wildman–Crippen LogP) is 2.98. The van der Waals surface area contributed by atoms with Gasteiger partial charge in [0.2, 0.25) is 0 Å². The van der Waals surface area contributed by atoms with Crippen molar-refractivity contribution in [2.45, 2.75) is 6.54 Å². The van der Waals surface area contributed by atoms with Crippen LogP contribution in [0, 0.1) is 0 Å². The van der Waals surface area contributed by atoms with Gasteiger partial charge in [0, 0.05) is 24.7 Å². The Bertz CT molecular complexity index is 684. The van der Waals surface area contributed by atoms with Crippen LogP contribution in [0.15, 0.2) is 42.5 Å². The highest BCUT2D eigenvalue weighted by Gasteiger charge is 2.16. The van der Waals surface area contributed by atoms with Gasteiger partial charge in [-0.05, 0) is 24.3 Å². The van der Waals surface area contributed by atoms with Crippen LogP contribution in [0.4, 0.5) is 0 Å². The zero-order valence-corrected chi connectivity index (χ0v) is 13.8. The van der Waals surface area contributed by atoms with Crippen molar-refractivity contribution in [3.8, 4) is 17.2 Å². The SMILES string of the molecule is COc1cccc(C(=O)N(C)Cc2cccc(OC)c2OC)c1. The van der Waals surface area contributed by atoms with Crippen LogP contribution >= 0.6 is 0 Å². The van der Waals surface area contributed by atoms with Crippen LogP contribution in [0.5, 0.6) is 17.2 Å². The fourth-order valence-corrected chi connectivity index (χ4v) is 2.38. The maximum absolute atomic E-state index is 12.6. The van der Waals surface area contributed by atoms with Crippen molar-refractivity contribution >= 4 is 5.91 Å². The van der Waals surface area contributed by atoms with Crippen molar-refractivity contribution in [2.24, 2.45) is 0 Å². The number of nitrogens with zero attached hydrogens (tertiary/aromatic N) is 1. The van der Waals surface area contributed by atoms with Crippen molar-refractivity contribution in [3.05, 3.63) is 53.6 Å². The zero-order valence-electron chi connectivity index (χ0n) is 13.8. The molecule has 0 aliphatic heterocycles. The monoisotopic (exact) mass is 315 g/mol. The summed E-state index contributed by atoms with van der Waals surface area (Å²) in [6, 6.07) is 12.7.